The Labute approximate surface area is 135 Å². The molecule has 1 amide bonds. The first kappa shape index (κ1) is 16.7. The second-order valence-corrected chi connectivity index (χ2v) is 5.72. The molecular weight excluding hydrogens is 334 g/mol. The van der Waals surface area contributed by atoms with E-state index in [1.807, 2.05) is 6.07 Å². The summed E-state index contributed by atoms with van der Waals surface area (Å²) in [7, 11) is 0. The number of aromatic nitrogens is 1. The van der Waals surface area contributed by atoms with Crippen LogP contribution in [0.25, 0.3) is 0 Å². The number of nitrogens with zero attached hydrogens (tertiary/aromatic N) is 2. The fourth-order valence-corrected chi connectivity index (χ4v) is 2.74. The average molecular weight is 347 g/mol. The summed E-state index contributed by atoms with van der Waals surface area (Å²) in [5.41, 5.74) is -0.845. The smallest absolute Gasteiger partial charge is 0.269 e. The van der Waals surface area contributed by atoms with Crippen molar-refractivity contribution in [2.75, 3.05) is 12.0 Å². The predicted octanol–water partition coefficient (Wildman–Crippen LogP) is 1.48. The van der Waals surface area contributed by atoms with Crippen molar-refractivity contribution in [3.63, 3.8) is 0 Å². The maximum Gasteiger partial charge on any atom is 0.269 e. The Morgan fingerprint density at radius 3 is 2.95 bits per heavy atom. The zero-order valence-corrected chi connectivity index (χ0v) is 12.9. The zero-order valence-electron chi connectivity index (χ0n) is 11.4. The molecule has 3 atom stereocenters. The minimum absolute atomic E-state index is 0.115. The third kappa shape index (κ3) is 3.58. The fourth-order valence-electron chi connectivity index (χ4n) is 2.20. The molecule has 6 nitrogen and oxygen atoms in total. The number of nitrogens with one attached hydrogen (secondary N) is 2. The van der Waals surface area contributed by atoms with Gasteiger partial charge in [0, 0.05) is 6.20 Å². The fraction of sp³-hybridized carbons (Fsp3) is 0.462. The summed E-state index contributed by atoms with van der Waals surface area (Å²) in [5.74, 6) is -0.855. The molecule has 9 heteroatoms. The summed E-state index contributed by atoms with van der Waals surface area (Å²) in [5, 5.41) is 14.2. The molecule has 3 unspecified atom stereocenters. The lowest BCUT2D eigenvalue weighted by Gasteiger charge is -2.13. The van der Waals surface area contributed by atoms with E-state index in [-0.39, 0.29) is 23.7 Å². The van der Waals surface area contributed by atoms with Crippen LogP contribution < -0.4 is 16.2 Å². The summed E-state index contributed by atoms with van der Waals surface area (Å²) in [6.07, 6.45) is 1.61. The van der Waals surface area contributed by atoms with Gasteiger partial charge in [-0.05, 0) is 12.5 Å². The maximum absolute atomic E-state index is 12.4. The van der Waals surface area contributed by atoms with Crippen LogP contribution in [0.1, 0.15) is 6.42 Å². The number of carbonyl (C=O) groups excluding carboxylic acids is 1. The van der Waals surface area contributed by atoms with E-state index in [0.717, 1.165) is 4.57 Å². The van der Waals surface area contributed by atoms with Gasteiger partial charge in [-0.2, -0.15) is 5.26 Å². The van der Waals surface area contributed by atoms with Gasteiger partial charge in [0.15, 0.2) is 0 Å². The summed E-state index contributed by atoms with van der Waals surface area (Å²) >= 11 is 11.7. The highest BCUT2D eigenvalue weighted by Gasteiger charge is 2.36. The van der Waals surface area contributed by atoms with Gasteiger partial charge < -0.3 is 9.88 Å². The molecular formula is C13H13Cl2FN4O2. The number of carbonyl (C=O) groups is 1. The van der Waals surface area contributed by atoms with Crippen molar-refractivity contribution >= 4 is 34.8 Å². The molecule has 0 radical (unpaired) electrons. The highest BCUT2D eigenvalue weighted by atomic mass is 35.5. The van der Waals surface area contributed by atoms with Gasteiger partial charge in [-0.15, -0.1) is 11.6 Å². The van der Waals surface area contributed by atoms with E-state index in [1.54, 1.807) is 0 Å². The molecule has 1 saturated heterocycles. The number of anilines is 1. The molecule has 1 aromatic heterocycles. The van der Waals surface area contributed by atoms with E-state index in [9.17, 15) is 14.0 Å². The highest BCUT2D eigenvalue weighted by molar-refractivity contribution is 6.30. The molecule has 0 spiro atoms. The molecule has 2 rings (SSSR count). The van der Waals surface area contributed by atoms with Crippen molar-refractivity contribution in [3.8, 4) is 6.07 Å². The zero-order chi connectivity index (χ0) is 16.3. The molecule has 1 fully saturated rings. The Morgan fingerprint density at radius 2 is 2.36 bits per heavy atom. The molecule has 2 heterocycles. The highest BCUT2D eigenvalue weighted by Crippen LogP contribution is 2.23. The Bertz CT molecular complexity index is 673. The van der Waals surface area contributed by atoms with Gasteiger partial charge in [0.2, 0.25) is 5.91 Å². The van der Waals surface area contributed by atoms with Gasteiger partial charge in [0.25, 0.3) is 5.56 Å². The molecule has 22 heavy (non-hydrogen) atoms. The van der Waals surface area contributed by atoms with Crippen LogP contribution in [0, 0.1) is 17.2 Å². The second-order valence-electron chi connectivity index (χ2n) is 4.85. The van der Waals surface area contributed by atoms with Crippen LogP contribution in [-0.4, -0.2) is 28.7 Å². The monoisotopic (exact) mass is 346 g/mol. The van der Waals surface area contributed by atoms with Crippen LogP contribution in [0.15, 0.2) is 17.1 Å². The molecule has 1 aromatic rings. The van der Waals surface area contributed by atoms with Gasteiger partial charge in [0.1, 0.15) is 11.7 Å². The van der Waals surface area contributed by atoms with Gasteiger partial charge in [-0.1, -0.05) is 11.6 Å². The first-order valence-electron chi connectivity index (χ1n) is 6.52. The van der Waals surface area contributed by atoms with Crippen molar-refractivity contribution in [2.24, 2.45) is 5.92 Å². The summed E-state index contributed by atoms with van der Waals surface area (Å²) in [6, 6.07) is 2.70. The number of aryl methyl sites for hydroxylation is 1. The van der Waals surface area contributed by atoms with E-state index < -0.39 is 35.6 Å². The van der Waals surface area contributed by atoms with Gasteiger partial charge in [0.05, 0.1) is 35.8 Å². The summed E-state index contributed by atoms with van der Waals surface area (Å²) in [6.45, 7) is -0.875. The van der Waals surface area contributed by atoms with E-state index in [2.05, 4.69) is 10.6 Å². The van der Waals surface area contributed by atoms with Crippen LogP contribution in [0.5, 0.6) is 0 Å². The lowest BCUT2D eigenvalue weighted by atomic mass is 10.1. The molecule has 0 aromatic carbocycles. The van der Waals surface area contributed by atoms with E-state index in [1.165, 1.54) is 12.3 Å². The number of halogens is 3. The van der Waals surface area contributed by atoms with E-state index >= 15 is 0 Å². The number of amides is 1. The van der Waals surface area contributed by atoms with E-state index in [4.69, 9.17) is 28.5 Å². The second kappa shape index (κ2) is 7.09. The standard InChI is InChI=1S/C13H13Cl2FN4O2/c14-9-4-8(6-20(2-1-16)13(9)22)18-12(21)10-3-7(5-17)11(15)19-10/h4,6-7,10-11,19H,1-3H2,(H,18,21). The maximum atomic E-state index is 12.4. The number of nitriles is 1. The van der Waals surface area contributed by atoms with Crippen molar-refractivity contribution < 1.29 is 9.18 Å². The molecule has 1 aliphatic rings. The Hall–Kier alpha value is -1.62. The van der Waals surface area contributed by atoms with Crippen molar-refractivity contribution in [3.05, 3.63) is 27.6 Å². The molecule has 118 valence electrons. The number of hydrogen-bond acceptors (Lipinski definition) is 4. The topological polar surface area (TPSA) is 86.9 Å². The van der Waals surface area contributed by atoms with Crippen LogP contribution in [0.3, 0.4) is 0 Å². The van der Waals surface area contributed by atoms with Crippen LogP contribution in [0.2, 0.25) is 5.02 Å². The third-order valence-electron chi connectivity index (χ3n) is 3.32. The number of alkyl halides is 2. The van der Waals surface area contributed by atoms with Crippen LogP contribution >= 0.6 is 23.2 Å². The minimum Gasteiger partial charge on any atom is -0.323 e. The first-order chi connectivity index (χ1) is 10.5. The van der Waals surface area contributed by atoms with Crippen molar-refractivity contribution in [1.82, 2.24) is 9.88 Å². The average Bonchev–Trinajstić information content (AvgIpc) is 2.85. The van der Waals surface area contributed by atoms with Crippen molar-refractivity contribution in [1.29, 1.82) is 5.26 Å². The predicted molar refractivity (Wildman–Crippen MR) is 80.6 cm³/mol. The molecule has 0 aliphatic carbocycles. The molecule has 2 N–H and O–H groups in total. The number of rotatable bonds is 4. The third-order valence-corrected chi connectivity index (χ3v) is 4.02. The van der Waals surface area contributed by atoms with Gasteiger partial charge in [-0.25, -0.2) is 4.39 Å². The molecule has 0 bridgehead atoms. The lowest BCUT2D eigenvalue weighted by molar-refractivity contribution is -0.117. The molecule has 1 aliphatic heterocycles. The number of pyridine rings is 1. The van der Waals surface area contributed by atoms with Crippen LogP contribution in [0.4, 0.5) is 10.1 Å². The number of hydrogen-bond donors (Lipinski definition) is 2. The Balaban J connectivity index is 2.13. The van der Waals surface area contributed by atoms with Gasteiger partial charge in [-0.3, -0.25) is 14.9 Å². The Morgan fingerprint density at radius 1 is 1.64 bits per heavy atom. The normalized spacial score (nSPS) is 24.0. The summed E-state index contributed by atoms with van der Waals surface area (Å²) in [4.78, 5) is 23.8. The quantitative estimate of drug-likeness (QED) is 0.638. The van der Waals surface area contributed by atoms with Crippen LogP contribution in [-0.2, 0) is 11.3 Å². The largest absolute Gasteiger partial charge is 0.323 e. The minimum atomic E-state index is -0.727. The van der Waals surface area contributed by atoms with Gasteiger partial charge >= 0.3 is 0 Å². The van der Waals surface area contributed by atoms with Crippen molar-refractivity contribution in [2.45, 2.75) is 24.5 Å². The molecule has 0 saturated carbocycles. The van der Waals surface area contributed by atoms with E-state index in [0.29, 0.717) is 0 Å². The SMILES string of the molecule is N#CC1CC(C(=O)Nc2cc(Cl)c(=O)n(CCF)c2)NC1Cl. The Kier molecular flexibility index (Phi) is 5.40. The lowest BCUT2D eigenvalue weighted by Crippen LogP contribution is -2.37. The first-order valence-corrected chi connectivity index (χ1v) is 7.34. The summed E-state index contributed by atoms with van der Waals surface area (Å²) < 4.78 is 13.5.